The molecule has 1 aliphatic rings. The average molecular weight is 338 g/mol. The van der Waals surface area contributed by atoms with Gasteiger partial charge in [-0.2, -0.15) is 0 Å². The van der Waals surface area contributed by atoms with Crippen LogP contribution in [0.4, 0.5) is 5.69 Å². The van der Waals surface area contributed by atoms with Gasteiger partial charge in [0, 0.05) is 25.2 Å². The minimum Gasteiger partial charge on any atom is -0.372 e. The molecule has 0 saturated carbocycles. The van der Waals surface area contributed by atoms with Gasteiger partial charge in [0.15, 0.2) is 0 Å². The molecule has 2 aromatic carbocycles. The molecule has 0 bridgehead atoms. The van der Waals surface area contributed by atoms with E-state index in [0.717, 1.165) is 6.42 Å². The van der Waals surface area contributed by atoms with E-state index in [4.69, 9.17) is 5.73 Å². The van der Waals surface area contributed by atoms with Crippen molar-refractivity contribution in [2.24, 2.45) is 5.73 Å². The van der Waals surface area contributed by atoms with Crippen LogP contribution in [0.3, 0.4) is 0 Å². The van der Waals surface area contributed by atoms with E-state index in [2.05, 4.69) is 54.3 Å². The third-order valence-electron chi connectivity index (χ3n) is 4.67. The van der Waals surface area contributed by atoms with E-state index in [0.29, 0.717) is 12.3 Å². The Kier molecular flexibility index (Phi) is 8.03. The van der Waals surface area contributed by atoms with Gasteiger partial charge in [-0.3, -0.25) is 4.79 Å². The molecule has 0 aromatic heterocycles. The number of carbonyl (C=O) groups excluding carboxylic acids is 1. The van der Waals surface area contributed by atoms with Gasteiger partial charge in [0.05, 0.1) is 0 Å². The molecule has 2 N–H and O–H groups in total. The van der Waals surface area contributed by atoms with Crippen molar-refractivity contribution in [2.45, 2.75) is 44.9 Å². The molecule has 1 unspecified atom stereocenters. The summed E-state index contributed by atoms with van der Waals surface area (Å²) in [7, 11) is 0. The predicted octanol–water partition coefficient (Wildman–Crippen LogP) is 4.73. The van der Waals surface area contributed by atoms with Crippen molar-refractivity contribution in [3.8, 4) is 0 Å². The molecule has 3 rings (SSSR count). The Labute approximate surface area is 151 Å². The molecule has 25 heavy (non-hydrogen) atoms. The molecule has 0 radical (unpaired) electrons. The van der Waals surface area contributed by atoms with E-state index in [1.165, 1.54) is 43.6 Å². The number of anilines is 1. The van der Waals surface area contributed by atoms with Crippen LogP contribution in [0.15, 0.2) is 60.7 Å². The highest BCUT2D eigenvalue weighted by Crippen LogP contribution is 2.19. The molecule has 0 spiro atoms. The smallest absolute Gasteiger partial charge is 0.217 e. The summed E-state index contributed by atoms with van der Waals surface area (Å²) in [5, 5.41) is 0. The maximum Gasteiger partial charge on any atom is 0.217 e. The highest BCUT2D eigenvalue weighted by molar-refractivity contribution is 5.73. The highest BCUT2D eigenvalue weighted by Gasteiger charge is 2.09. The molecule has 1 saturated heterocycles. The molecule has 2 aromatic rings. The third-order valence-corrected chi connectivity index (χ3v) is 4.67. The monoisotopic (exact) mass is 338 g/mol. The van der Waals surface area contributed by atoms with Crippen LogP contribution in [0.25, 0.3) is 0 Å². The first-order valence-electron chi connectivity index (χ1n) is 9.30. The van der Waals surface area contributed by atoms with E-state index in [9.17, 15) is 4.79 Å². The fourth-order valence-corrected chi connectivity index (χ4v) is 3.10. The summed E-state index contributed by atoms with van der Waals surface area (Å²) in [5.41, 5.74) is 7.73. The van der Waals surface area contributed by atoms with E-state index in [1.54, 1.807) is 0 Å². The number of benzene rings is 2. The molecule has 3 nitrogen and oxygen atoms in total. The van der Waals surface area contributed by atoms with E-state index < -0.39 is 0 Å². The largest absolute Gasteiger partial charge is 0.372 e. The van der Waals surface area contributed by atoms with Crippen molar-refractivity contribution in [3.05, 3.63) is 66.2 Å². The van der Waals surface area contributed by atoms with Crippen LogP contribution in [0, 0.1) is 0 Å². The number of hydrogen-bond acceptors (Lipinski definition) is 2. The molecule has 1 atom stereocenters. The van der Waals surface area contributed by atoms with Gasteiger partial charge in [0.25, 0.3) is 0 Å². The zero-order valence-electron chi connectivity index (χ0n) is 15.2. The maximum absolute atomic E-state index is 10.6. The number of nitrogens with zero attached hydrogens (tertiary/aromatic N) is 1. The second-order valence-corrected chi connectivity index (χ2v) is 6.70. The van der Waals surface area contributed by atoms with Crippen molar-refractivity contribution in [1.82, 2.24) is 0 Å². The molecule has 3 heteroatoms. The Balaban J connectivity index is 0.000000181. The standard InChI is InChI=1S/C11H15NO.C11H15N/c1-9(7-8-11(12)13)10-5-3-2-4-6-10;1-3-7-11(8-4-1)12-9-5-2-6-10-12/h2-6,9H,7-8H2,1H3,(H2,12,13);1,3-4,7-8H,2,5-6,9-10H2. The number of piperidine rings is 1. The second kappa shape index (κ2) is 10.5. The van der Waals surface area contributed by atoms with E-state index in [1.807, 2.05) is 18.2 Å². The first-order chi connectivity index (χ1) is 12.2. The lowest BCUT2D eigenvalue weighted by molar-refractivity contribution is -0.118. The SMILES string of the molecule is CC(CCC(N)=O)c1ccccc1.c1ccc(N2CCCCC2)cc1. The van der Waals surface area contributed by atoms with E-state index in [-0.39, 0.29) is 5.91 Å². The predicted molar refractivity (Wildman–Crippen MR) is 106 cm³/mol. The first-order valence-corrected chi connectivity index (χ1v) is 9.30. The molecule has 134 valence electrons. The average Bonchev–Trinajstić information content (AvgIpc) is 2.68. The lowest BCUT2D eigenvalue weighted by Gasteiger charge is -2.28. The summed E-state index contributed by atoms with van der Waals surface area (Å²) in [5.74, 6) is 0.191. The summed E-state index contributed by atoms with van der Waals surface area (Å²) in [4.78, 5) is 13.0. The molecule has 1 aliphatic heterocycles. The van der Waals surface area contributed by atoms with Crippen molar-refractivity contribution >= 4 is 11.6 Å². The topological polar surface area (TPSA) is 46.3 Å². The van der Waals surface area contributed by atoms with Crippen molar-refractivity contribution < 1.29 is 4.79 Å². The summed E-state index contributed by atoms with van der Waals surface area (Å²) < 4.78 is 0. The molecule has 1 fully saturated rings. The number of nitrogens with two attached hydrogens (primary N) is 1. The summed E-state index contributed by atoms with van der Waals surface area (Å²) >= 11 is 0. The third kappa shape index (κ3) is 7.00. The minimum absolute atomic E-state index is 0.220. The van der Waals surface area contributed by atoms with Gasteiger partial charge < -0.3 is 10.6 Å². The Morgan fingerprint density at radius 1 is 0.960 bits per heavy atom. The van der Waals surface area contributed by atoms with Gasteiger partial charge in [0.2, 0.25) is 5.91 Å². The van der Waals surface area contributed by atoms with Crippen LogP contribution < -0.4 is 10.6 Å². The van der Waals surface area contributed by atoms with Crippen molar-refractivity contribution in [1.29, 1.82) is 0 Å². The molecule has 0 aliphatic carbocycles. The molecular weight excluding hydrogens is 308 g/mol. The first kappa shape index (κ1) is 19.0. The van der Waals surface area contributed by atoms with Crippen LogP contribution in [0.1, 0.15) is 50.5 Å². The normalized spacial score (nSPS) is 15.0. The summed E-state index contributed by atoms with van der Waals surface area (Å²) in [6.07, 6.45) is 5.42. The number of amides is 1. The van der Waals surface area contributed by atoms with Crippen LogP contribution in [-0.2, 0) is 4.79 Å². The Morgan fingerprint density at radius 3 is 2.08 bits per heavy atom. The Morgan fingerprint density at radius 2 is 1.52 bits per heavy atom. The Hall–Kier alpha value is -2.29. The van der Waals surface area contributed by atoms with Crippen LogP contribution in [0.2, 0.25) is 0 Å². The molecule has 1 amide bonds. The number of primary amides is 1. The summed E-state index contributed by atoms with van der Waals surface area (Å²) in [6.45, 7) is 4.59. The van der Waals surface area contributed by atoms with Crippen molar-refractivity contribution in [3.63, 3.8) is 0 Å². The van der Waals surface area contributed by atoms with Crippen LogP contribution in [-0.4, -0.2) is 19.0 Å². The van der Waals surface area contributed by atoms with Crippen LogP contribution >= 0.6 is 0 Å². The molecule has 1 heterocycles. The van der Waals surface area contributed by atoms with Gasteiger partial charge >= 0.3 is 0 Å². The van der Waals surface area contributed by atoms with Gasteiger partial charge in [0.1, 0.15) is 0 Å². The van der Waals surface area contributed by atoms with Crippen molar-refractivity contribution in [2.75, 3.05) is 18.0 Å². The quantitative estimate of drug-likeness (QED) is 0.856. The zero-order valence-corrected chi connectivity index (χ0v) is 15.2. The number of para-hydroxylation sites is 1. The fourth-order valence-electron chi connectivity index (χ4n) is 3.10. The molecular formula is C22H30N2O. The minimum atomic E-state index is -0.220. The maximum atomic E-state index is 10.6. The van der Waals surface area contributed by atoms with Gasteiger partial charge in [-0.1, -0.05) is 55.5 Å². The van der Waals surface area contributed by atoms with E-state index >= 15 is 0 Å². The number of rotatable bonds is 5. The second-order valence-electron chi connectivity index (χ2n) is 6.70. The van der Waals surface area contributed by atoms with Gasteiger partial charge in [-0.25, -0.2) is 0 Å². The van der Waals surface area contributed by atoms with Gasteiger partial charge in [-0.15, -0.1) is 0 Å². The zero-order chi connectivity index (χ0) is 17.9. The lowest BCUT2D eigenvalue weighted by Crippen LogP contribution is -2.29. The summed E-state index contributed by atoms with van der Waals surface area (Å²) in [6, 6.07) is 20.9. The number of carbonyl (C=O) groups is 1. The van der Waals surface area contributed by atoms with Crippen LogP contribution in [0.5, 0.6) is 0 Å². The van der Waals surface area contributed by atoms with Gasteiger partial charge in [-0.05, 0) is 49.3 Å². The lowest BCUT2D eigenvalue weighted by atomic mass is 9.96. The Bertz CT molecular complexity index is 606. The number of hydrogen-bond donors (Lipinski definition) is 1. The fraction of sp³-hybridized carbons (Fsp3) is 0.409. The highest BCUT2D eigenvalue weighted by atomic mass is 16.1.